The number of hydrogen-bond donors (Lipinski definition) is 2. The Kier molecular flexibility index (Phi) is 11.7. The van der Waals surface area contributed by atoms with Crippen molar-refractivity contribution in [3.05, 3.63) is 75.7 Å². The average Bonchev–Trinajstić information content (AvgIpc) is 3.60. The second kappa shape index (κ2) is 15.5. The zero-order chi connectivity index (χ0) is 38.8. The lowest BCUT2D eigenvalue weighted by Gasteiger charge is -2.52. The number of pyridine rings is 1. The second-order valence-corrected chi connectivity index (χ2v) is 14.1. The maximum Gasteiger partial charge on any atom is 0.425 e. The van der Waals surface area contributed by atoms with Gasteiger partial charge >= 0.3 is 18.3 Å². The lowest BCUT2D eigenvalue weighted by Crippen LogP contribution is -2.70. The molecule has 53 heavy (non-hydrogen) atoms. The summed E-state index contributed by atoms with van der Waals surface area (Å²) in [5.74, 6) is -3.07. The number of ether oxygens (including phenoxy) is 2. The van der Waals surface area contributed by atoms with Crippen molar-refractivity contribution in [3.8, 4) is 11.5 Å². The number of amides is 2. The van der Waals surface area contributed by atoms with Crippen molar-refractivity contribution in [2.45, 2.75) is 93.9 Å². The first-order chi connectivity index (χ1) is 24.9. The van der Waals surface area contributed by atoms with Crippen LogP contribution in [0.2, 0.25) is 0 Å². The second-order valence-electron chi connectivity index (χ2n) is 13.2. The minimum atomic E-state index is -4.95. The molecule has 0 spiro atoms. The molecule has 3 aromatic rings. The predicted octanol–water partition coefficient (Wildman–Crippen LogP) is 7.16. The van der Waals surface area contributed by atoms with Gasteiger partial charge in [0.15, 0.2) is 0 Å². The molecule has 2 aromatic heterocycles. The largest absolute Gasteiger partial charge is 0.496 e. The first-order valence-electron chi connectivity index (χ1n) is 17.0. The standard InChI is InChI=1S/C36H39F6N3O7S/c1-3-8-27-34(52-23-19-28(53-21-23)36(40,41)42,14-7-17-45(27)31(48)30-25(35(37,38)39)10-6-16-43-30)32(49)44-18-15-33(50,20-22(44)12-13-29(46)47)24-9-4-5-11-26(24)51-2/h4-6,9-11,16,19,21-22,27,50H,3,7-8,12-15,17-18,20H2,1-2H3,(H,46,47). The summed E-state index contributed by atoms with van der Waals surface area (Å²) in [7, 11) is 1.42. The summed E-state index contributed by atoms with van der Waals surface area (Å²) in [4.78, 5) is 46.3. The number of aliphatic hydroxyl groups is 1. The summed E-state index contributed by atoms with van der Waals surface area (Å²) in [5.41, 5.74) is -5.49. The van der Waals surface area contributed by atoms with Gasteiger partial charge in [0.1, 0.15) is 22.1 Å². The molecule has 2 aliphatic heterocycles. The van der Waals surface area contributed by atoms with Gasteiger partial charge in [-0.25, -0.2) is 0 Å². The molecule has 4 heterocycles. The van der Waals surface area contributed by atoms with Gasteiger partial charge < -0.3 is 29.5 Å². The van der Waals surface area contributed by atoms with Gasteiger partial charge in [-0.05, 0) is 43.9 Å². The normalized spacial score (nSPS) is 23.8. The van der Waals surface area contributed by atoms with Crippen LogP contribution in [0.3, 0.4) is 0 Å². The molecule has 0 bridgehead atoms. The van der Waals surface area contributed by atoms with E-state index in [4.69, 9.17) is 9.47 Å². The fourth-order valence-electron chi connectivity index (χ4n) is 7.50. The number of para-hydroxylation sites is 1. The molecular weight excluding hydrogens is 732 g/mol. The average molecular weight is 772 g/mol. The first-order valence-corrected chi connectivity index (χ1v) is 17.9. The number of halogens is 6. The van der Waals surface area contributed by atoms with Crippen molar-refractivity contribution < 1.29 is 60.4 Å². The van der Waals surface area contributed by atoms with Crippen molar-refractivity contribution in [1.29, 1.82) is 0 Å². The van der Waals surface area contributed by atoms with E-state index in [1.54, 1.807) is 31.2 Å². The van der Waals surface area contributed by atoms with Crippen LogP contribution < -0.4 is 9.47 Å². The van der Waals surface area contributed by atoms with Crippen molar-refractivity contribution >= 4 is 29.1 Å². The molecule has 2 saturated heterocycles. The summed E-state index contributed by atoms with van der Waals surface area (Å²) >= 11 is 0.326. The Labute approximate surface area is 305 Å². The number of carbonyl (C=O) groups excluding carboxylic acids is 2. The van der Waals surface area contributed by atoms with E-state index < -0.39 is 76.0 Å². The Morgan fingerprint density at radius 1 is 1.00 bits per heavy atom. The highest BCUT2D eigenvalue weighted by Gasteiger charge is 2.58. The molecule has 1 aromatic carbocycles. The van der Waals surface area contributed by atoms with E-state index in [1.807, 2.05) is 0 Å². The third-order valence-electron chi connectivity index (χ3n) is 9.86. The van der Waals surface area contributed by atoms with Crippen LogP contribution in [0.5, 0.6) is 11.5 Å². The van der Waals surface area contributed by atoms with Crippen LogP contribution in [-0.2, 0) is 27.5 Å². The van der Waals surface area contributed by atoms with Crippen LogP contribution in [0.25, 0.3) is 0 Å². The number of piperidine rings is 2. The highest BCUT2D eigenvalue weighted by molar-refractivity contribution is 7.10. The third kappa shape index (κ3) is 8.25. The summed E-state index contributed by atoms with van der Waals surface area (Å²) < 4.78 is 95.2. The molecule has 4 atom stereocenters. The van der Waals surface area contributed by atoms with Gasteiger partial charge in [-0.1, -0.05) is 31.5 Å². The van der Waals surface area contributed by atoms with Gasteiger partial charge in [-0.2, -0.15) is 26.3 Å². The number of thiophene rings is 1. The smallest absolute Gasteiger partial charge is 0.425 e. The lowest BCUT2D eigenvalue weighted by atomic mass is 9.76. The monoisotopic (exact) mass is 771 g/mol. The molecule has 2 aliphatic rings. The zero-order valence-corrected chi connectivity index (χ0v) is 29.7. The quantitative estimate of drug-likeness (QED) is 0.197. The van der Waals surface area contributed by atoms with Gasteiger partial charge in [0.25, 0.3) is 11.8 Å². The van der Waals surface area contributed by atoms with Crippen molar-refractivity contribution in [2.24, 2.45) is 0 Å². The molecule has 5 rings (SSSR count). The highest BCUT2D eigenvalue weighted by Crippen LogP contribution is 2.46. The Bertz CT molecular complexity index is 1800. The van der Waals surface area contributed by atoms with Gasteiger partial charge in [0.2, 0.25) is 5.60 Å². The maximum atomic E-state index is 15.2. The van der Waals surface area contributed by atoms with Gasteiger partial charge in [-0.15, -0.1) is 11.3 Å². The number of alkyl halides is 6. The van der Waals surface area contributed by atoms with Crippen LogP contribution in [0.4, 0.5) is 26.3 Å². The number of nitrogens with zero attached hydrogens (tertiary/aromatic N) is 3. The molecule has 0 aliphatic carbocycles. The Morgan fingerprint density at radius 2 is 1.74 bits per heavy atom. The van der Waals surface area contributed by atoms with E-state index in [0.29, 0.717) is 28.7 Å². The number of benzene rings is 1. The molecule has 0 radical (unpaired) electrons. The first kappa shape index (κ1) is 39.8. The number of carbonyl (C=O) groups is 3. The molecule has 17 heteroatoms. The third-order valence-corrected chi connectivity index (χ3v) is 10.8. The van der Waals surface area contributed by atoms with Crippen LogP contribution >= 0.6 is 11.3 Å². The number of rotatable bonds is 11. The SMILES string of the molecule is CCCC1N(C(=O)c2ncccc2C(F)(F)F)CCCC1(Oc1csc(C(F)(F)F)c1)C(=O)N1CCC(O)(c2ccccc2OC)CC1CCC(=O)O. The van der Waals surface area contributed by atoms with Gasteiger partial charge in [0, 0.05) is 61.6 Å². The van der Waals surface area contributed by atoms with E-state index in [1.165, 1.54) is 12.0 Å². The summed E-state index contributed by atoms with van der Waals surface area (Å²) in [5, 5.41) is 22.7. The summed E-state index contributed by atoms with van der Waals surface area (Å²) in [6.45, 7) is 1.44. The fraction of sp³-hybridized carbons (Fsp3) is 0.500. The van der Waals surface area contributed by atoms with E-state index in [9.17, 15) is 46.1 Å². The molecule has 10 nitrogen and oxygen atoms in total. The number of likely N-dealkylation sites (tertiary alicyclic amines) is 2. The number of carboxylic acids is 1. The van der Waals surface area contributed by atoms with Crippen LogP contribution in [0.1, 0.15) is 84.8 Å². The molecule has 2 fully saturated rings. The van der Waals surface area contributed by atoms with Crippen LogP contribution in [0.15, 0.2) is 54.0 Å². The molecule has 2 N–H and O–H groups in total. The highest BCUT2D eigenvalue weighted by atomic mass is 32.1. The lowest BCUT2D eigenvalue weighted by molar-refractivity contribution is -0.168. The molecule has 288 valence electrons. The minimum Gasteiger partial charge on any atom is -0.496 e. The van der Waals surface area contributed by atoms with Crippen molar-refractivity contribution in [2.75, 3.05) is 20.2 Å². The Morgan fingerprint density at radius 3 is 2.38 bits per heavy atom. The van der Waals surface area contributed by atoms with E-state index in [2.05, 4.69) is 4.98 Å². The molecular formula is C36H39F6N3O7S. The van der Waals surface area contributed by atoms with Gasteiger partial charge in [-0.3, -0.25) is 19.4 Å². The van der Waals surface area contributed by atoms with Crippen molar-refractivity contribution in [3.63, 3.8) is 0 Å². The van der Waals surface area contributed by atoms with E-state index in [0.717, 1.165) is 28.6 Å². The summed E-state index contributed by atoms with van der Waals surface area (Å²) in [6, 6.07) is 6.92. The van der Waals surface area contributed by atoms with Crippen LogP contribution in [-0.4, -0.2) is 80.7 Å². The molecule has 4 unspecified atom stereocenters. The van der Waals surface area contributed by atoms with Crippen molar-refractivity contribution in [1.82, 2.24) is 14.8 Å². The summed E-state index contributed by atoms with van der Waals surface area (Å²) in [6.07, 6.45) is -9.24. The minimum absolute atomic E-state index is 0.000708. The number of aliphatic carboxylic acids is 1. The zero-order valence-electron chi connectivity index (χ0n) is 28.9. The number of aromatic nitrogens is 1. The Hall–Kier alpha value is -4.38. The Balaban J connectivity index is 1.62. The number of carboxylic acid groups (broad SMARTS) is 1. The van der Waals surface area contributed by atoms with Gasteiger partial charge in [0.05, 0.1) is 24.3 Å². The predicted molar refractivity (Wildman–Crippen MR) is 179 cm³/mol. The number of methoxy groups -OCH3 is 1. The number of hydrogen-bond acceptors (Lipinski definition) is 8. The maximum absolute atomic E-state index is 15.2. The molecule has 0 saturated carbocycles. The molecule has 2 amide bonds. The topological polar surface area (TPSA) is 130 Å². The van der Waals surface area contributed by atoms with E-state index >= 15 is 4.79 Å². The fourth-order valence-corrected chi connectivity index (χ4v) is 8.17. The van der Waals surface area contributed by atoms with E-state index in [-0.39, 0.29) is 63.8 Å². The van der Waals surface area contributed by atoms with Crippen LogP contribution in [0, 0.1) is 0 Å².